The topological polar surface area (TPSA) is 32.8 Å². The SMILES string of the molecule is COc1ccc(N2CCN(C(=O)CSc3ccc(F)c(Cl)c3)CC2)cc1. The lowest BCUT2D eigenvalue weighted by molar-refractivity contribution is -0.128. The van der Waals surface area contributed by atoms with Crippen LogP contribution in [0.2, 0.25) is 5.02 Å². The summed E-state index contributed by atoms with van der Waals surface area (Å²) < 4.78 is 18.4. The zero-order valence-electron chi connectivity index (χ0n) is 14.5. The van der Waals surface area contributed by atoms with E-state index in [1.165, 1.54) is 17.8 Å². The van der Waals surface area contributed by atoms with E-state index in [2.05, 4.69) is 4.90 Å². The highest BCUT2D eigenvalue weighted by Crippen LogP contribution is 2.25. The number of amides is 1. The van der Waals surface area contributed by atoms with Gasteiger partial charge in [-0.2, -0.15) is 0 Å². The summed E-state index contributed by atoms with van der Waals surface area (Å²) in [5.41, 5.74) is 1.13. The van der Waals surface area contributed by atoms with Crippen LogP contribution in [0.25, 0.3) is 0 Å². The molecule has 1 heterocycles. The number of carbonyl (C=O) groups is 1. The van der Waals surface area contributed by atoms with Gasteiger partial charge in [0.15, 0.2) is 0 Å². The molecule has 7 heteroatoms. The third-order valence-electron chi connectivity index (χ3n) is 4.32. The minimum absolute atomic E-state index is 0.0792. The smallest absolute Gasteiger partial charge is 0.233 e. The Hall–Kier alpha value is -1.92. The van der Waals surface area contributed by atoms with Gasteiger partial charge in [0.1, 0.15) is 11.6 Å². The van der Waals surface area contributed by atoms with Crippen LogP contribution in [0.15, 0.2) is 47.4 Å². The van der Waals surface area contributed by atoms with E-state index < -0.39 is 5.82 Å². The van der Waals surface area contributed by atoms with Crippen molar-refractivity contribution < 1.29 is 13.9 Å². The summed E-state index contributed by atoms with van der Waals surface area (Å²) in [6.45, 7) is 2.97. The maximum absolute atomic E-state index is 13.2. The number of ether oxygens (including phenoxy) is 1. The molecule has 0 N–H and O–H groups in total. The molecule has 0 spiro atoms. The number of thioether (sulfide) groups is 1. The van der Waals surface area contributed by atoms with Crippen molar-refractivity contribution in [3.8, 4) is 5.75 Å². The monoisotopic (exact) mass is 394 g/mol. The first-order chi connectivity index (χ1) is 12.6. The fraction of sp³-hybridized carbons (Fsp3) is 0.316. The molecule has 0 radical (unpaired) electrons. The van der Waals surface area contributed by atoms with Crippen molar-refractivity contribution in [2.24, 2.45) is 0 Å². The predicted molar refractivity (Wildman–Crippen MR) is 104 cm³/mol. The largest absolute Gasteiger partial charge is 0.497 e. The van der Waals surface area contributed by atoms with E-state index in [1.807, 2.05) is 29.2 Å². The van der Waals surface area contributed by atoms with E-state index in [0.717, 1.165) is 29.4 Å². The van der Waals surface area contributed by atoms with Crippen LogP contribution in [0.1, 0.15) is 0 Å². The molecular formula is C19H20ClFN2O2S. The summed E-state index contributed by atoms with van der Waals surface area (Å²) in [4.78, 5) is 17.3. The molecule has 2 aromatic carbocycles. The molecule has 0 saturated carbocycles. The number of halogens is 2. The Labute approximate surface area is 161 Å². The molecule has 3 rings (SSSR count). The summed E-state index contributed by atoms with van der Waals surface area (Å²) in [5, 5.41) is 0.0792. The van der Waals surface area contributed by atoms with Gasteiger partial charge in [0.05, 0.1) is 17.9 Å². The lowest BCUT2D eigenvalue weighted by Gasteiger charge is -2.36. The predicted octanol–water partition coefficient (Wildman–Crippen LogP) is 3.93. The third-order valence-corrected chi connectivity index (χ3v) is 5.59. The Bertz CT molecular complexity index is 765. The van der Waals surface area contributed by atoms with Crippen molar-refractivity contribution in [2.45, 2.75) is 4.90 Å². The number of benzene rings is 2. The second kappa shape index (κ2) is 8.64. The van der Waals surface area contributed by atoms with Crippen molar-refractivity contribution in [2.75, 3.05) is 43.9 Å². The first-order valence-corrected chi connectivity index (χ1v) is 9.68. The highest BCUT2D eigenvalue weighted by atomic mass is 35.5. The fourth-order valence-corrected chi connectivity index (χ4v) is 3.89. The maximum atomic E-state index is 13.2. The maximum Gasteiger partial charge on any atom is 0.233 e. The summed E-state index contributed by atoms with van der Waals surface area (Å²) in [5.74, 6) is 0.798. The number of carbonyl (C=O) groups excluding carboxylic acids is 1. The normalized spacial score (nSPS) is 14.4. The molecule has 1 saturated heterocycles. The van der Waals surface area contributed by atoms with E-state index in [9.17, 15) is 9.18 Å². The van der Waals surface area contributed by atoms with Crippen molar-refractivity contribution >= 4 is 35.0 Å². The van der Waals surface area contributed by atoms with Crippen LogP contribution in [-0.4, -0.2) is 49.8 Å². The van der Waals surface area contributed by atoms with Crippen LogP contribution < -0.4 is 9.64 Å². The van der Waals surface area contributed by atoms with E-state index in [0.29, 0.717) is 18.8 Å². The van der Waals surface area contributed by atoms with E-state index >= 15 is 0 Å². The molecule has 0 unspecified atom stereocenters. The summed E-state index contributed by atoms with van der Waals surface area (Å²) in [6.07, 6.45) is 0. The number of anilines is 1. The molecule has 1 aliphatic rings. The van der Waals surface area contributed by atoms with Crippen LogP contribution in [0, 0.1) is 5.82 Å². The summed E-state index contributed by atoms with van der Waals surface area (Å²) >= 11 is 7.15. The minimum Gasteiger partial charge on any atom is -0.497 e. The molecule has 138 valence electrons. The lowest BCUT2D eigenvalue weighted by Crippen LogP contribution is -2.49. The van der Waals surface area contributed by atoms with Gasteiger partial charge >= 0.3 is 0 Å². The zero-order chi connectivity index (χ0) is 18.5. The lowest BCUT2D eigenvalue weighted by atomic mass is 10.2. The quantitative estimate of drug-likeness (QED) is 0.719. The Kier molecular flexibility index (Phi) is 6.27. The molecule has 2 aromatic rings. The van der Waals surface area contributed by atoms with Gasteiger partial charge in [0.25, 0.3) is 0 Å². The second-order valence-electron chi connectivity index (χ2n) is 5.93. The van der Waals surface area contributed by atoms with Crippen LogP contribution >= 0.6 is 23.4 Å². The molecule has 0 atom stereocenters. The Morgan fingerprint density at radius 2 is 1.85 bits per heavy atom. The van der Waals surface area contributed by atoms with Crippen molar-refractivity contribution in [1.82, 2.24) is 4.90 Å². The Balaban J connectivity index is 1.49. The number of nitrogens with zero attached hydrogens (tertiary/aromatic N) is 2. The first kappa shape index (κ1) is 18.9. The minimum atomic E-state index is -0.447. The highest BCUT2D eigenvalue weighted by molar-refractivity contribution is 8.00. The van der Waals surface area contributed by atoms with Gasteiger partial charge in [-0.1, -0.05) is 11.6 Å². The van der Waals surface area contributed by atoms with E-state index in [-0.39, 0.29) is 10.9 Å². The molecule has 26 heavy (non-hydrogen) atoms. The Morgan fingerprint density at radius 3 is 2.46 bits per heavy atom. The standard InChI is InChI=1S/C19H20ClFN2O2S/c1-25-15-4-2-14(3-5-15)22-8-10-23(11-9-22)19(24)13-26-16-6-7-18(21)17(20)12-16/h2-7,12H,8-11,13H2,1H3. The molecule has 1 fully saturated rings. The van der Waals surface area contributed by atoms with Gasteiger partial charge in [-0.05, 0) is 42.5 Å². The van der Waals surface area contributed by atoms with E-state index in [1.54, 1.807) is 19.2 Å². The van der Waals surface area contributed by atoms with Gasteiger partial charge in [-0.15, -0.1) is 11.8 Å². The molecule has 0 aromatic heterocycles. The van der Waals surface area contributed by atoms with Gasteiger partial charge in [0, 0.05) is 36.8 Å². The molecule has 1 aliphatic heterocycles. The average molecular weight is 395 g/mol. The summed E-state index contributed by atoms with van der Waals surface area (Å²) in [6, 6.07) is 12.5. The van der Waals surface area contributed by atoms with Gasteiger partial charge in [-0.3, -0.25) is 4.79 Å². The van der Waals surface area contributed by atoms with Crippen molar-refractivity contribution in [1.29, 1.82) is 0 Å². The van der Waals surface area contributed by atoms with Crippen LogP contribution in [0.5, 0.6) is 5.75 Å². The number of piperazine rings is 1. The third kappa shape index (κ3) is 4.62. The molecule has 4 nitrogen and oxygen atoms in total. The second-order valence-corrected chi connectivity index (χ2v) is 7.39. The molecule has 0 bridgehead atoms. The number of hydrogen-bond donors (Lipinski definition) is 0. The number of methoxy groups -OCH3 is 1. The van der Waals surface area contributed by atoms with Gasteiger partial charge < -0.3 is 14.5 Å². The van der Waals surface area contributed by atoms with Crippen LogP contribution in [-0.2, 0) is 4.79 Å². The molecular weight excluding hydrogens is 375 g/mol. The van der Waals surface area contributed by atoms with Crippen molar-refractivity contribution in [3.05, 3.63) is 53.3 Å². The number of hydrogen-bond acceptors (Lipinski definition) is 4. The van der Waals surface area contributed by atoms with Crippen molar-refractivity contribution in [3.63, 3.8) is 0 Å². The molecule has 1 amide bonds. The van der Waals surface area contributed by atoms with Crippen LogP contribution in [0.3, 0.4) is 0 Å². The molecule has 0 aliphatic carbocycles. The zero-order valence-corrected chi connectivity index (χ0v) is 16.0. The average Bonchev–Trinajstić information content (AvgIpc) is 2.69. The fourth-order valence-electron chi connectivity index (χ4n) is 2.81. The Morgan fingerprint density at radius 1 is 1.15 bits per heavy atom. The first-order valence-electron chi connectivity index (χ1n) is 8.31. The number of rotatable bonds is 5. The van der Waals surface area contributed by atoms with Crippen LogP contribution in [0.4, 0.5) is 10.1 Å². The van der Waals surface area contributed by atoms with E-state index in [4.69, 9.17) is 16.3 Å². The van der Waals surface area contributed by atoms with Gasteiger partial charge in [0.2, 0.25) is 5.91 Å². The highest BCUT2D eigenvalue weighted by Gasteiger charge is 2.21. The van der Waals surface area contributed by atoms with Gasteiger partial charge in [-0.25, -0.2) is 4.39 Å². The summed E-state index contributed by atoms with van der Waals surface area (Å²) in [7, 11) is 1.65.